The molecule has 0 saturated carbocycles. The van der Waals surface area contributed by atoms with Crippen molar-refractivity contribution in [3.8, 4) is 5.75 Å². The highest BCUT2D eigenvalue weighted by atomic mass is 16.5. The maximum Gasteiger partial charge on any atom is 0.291 e. The third kappa shape index (κ3) is 4.43. The summed E-state index contributed by atoms with van der Waals surface area (Å²) in [7, 11) is 0. The van der Waals surface area contributed by atoms with Gasteiger partial charge in [-0.15, -0.1) is 5.10 Å². The number of carbonyl (C=O) groups excluding carboxylic acids is 1. The highest BCUT2D eigenvalue weighted by Crippen LogP contribution is 2.17. The van der Waals surface area contributed by atoms with Crippen LogP contribution < -0.4 is 10.1 Å². The Kier molecular flexibility index (Phi) is 5.40. The first-order valence-corrected chi connectivity index (χ1v) is 8.09. The van der Waals surface area contributed by atoms with Crippen LogP contribution in [-0.4, -0.2) is 26.1 Å². The van der Waals surface area contributed by atoms with Gasteiger partial charge in [0.2, 0.25) is 0 Å². The number of rotatable bonds is 8. The van der Waals surface area contributed by atoms with Crippen LogP contribution in [0.2, 0.25) is 0 Å². The van der Waals surface area contributed by atoms with Crippen LogP contribution in [0, 0.1) is 0 Å². The maximum absolute atomic E-state index is 11.9. The third-order valence-corrected chi connectivity index (χ3v) is 3.55. The molecule has 0 aliphatic carbocycles. The van der Waals surface area contributed by atoms with Crippen molar-refractivity contribution in [3.63, 3.8) is 0 Å². The molecule has 1 aromatic carbocycles. The minimum atomic E-state index is -0.297. The zero-order valence-corrected chi connectivity index (χ0v) is 13.9. The molecule has 0 radical (unpaired) electrons. The van der Waals surface area contributed by atoms with Gasteiger partial charge in [-0.1, -0.05) is 13.3 Å². The van der Waals surface area contributed by atoms with E-state index < -0.39 is 0 Å². The minimum absolute atomic E-state index is 0.263. The Morgan fingerprint density at radius 2 is 2.12 bits per heavy atom. The van der Waals surface area contributed by atoms with Gasteiger partial charge in [-0.2, -0.15) is 0 Å². The summed E-state index contributed by atoms with van der Waals surface area (Å²) >= 11 is 0. The van der Waals surface area contributed by atoms with E-state index in [4.69, 9.17) is 9.15 Å². The summed E-state index contributed by atoms with van der Waals surface area (Å²) in [6.07, 6.45) is 3.55. The Bertz CT molecular complexity index is 796. The molecule has 0 bridgehead atoms. The number of furan rings is 1. The van der Waals surface area contributed by atoms with Gasteiger partial charge in [0.25, 0.3) is 5.91 Å². The quantitative estimate of drug-likeness (QED) is 0.677. The second kappa shape index (κ2) is 8.09. The van der Waals surface area contributed by atoms with E-state index in [1.54, 1.807) is 41.1 Å². The molecule has 25 heavy (non-hydrogen) atoms. The first-order chi connectivity index (χ1) is 12.3. The number of amides is 1. The Labute approximate surface area is 144 Å². The lowest BCUT2D eigenvalue weighted by atomic mass is 10.3. The Hall–Kier alpha value is -3.16. The van der Waals surface area contributed by atoms with Crippen molar-refractivity contribution in [1.82, 2.24) is 20.2 Å². The molecule has 8 nitrogen and oxygen atoms in total. The van der Waals surface area contributed by atoms with Gasteiger partial charge in [-0.05, 0) is 53.2 Å². The number of nitrogens with zero attached hydrogens (tertiary/aromatic N) is 4. The number of ether oxygens (including phenoxy) is 1. The van der Waals surface area contributed by atoms with Crippen LogP contribution in [0.25, 0.3) is 0 Å². The van der Waals surface area contributed by atoms with E-state index in [9.17, 15) is 4.79 Å². The molecular weight excluding hydrogens is 322 g/mol. The van der Waals surface area contributed by atoms with E-state index in [0.29, 0.717) is 17.3 Å². The summed E-state index contributed by atoms with van der Waals surface area (Å²) in [6.45, 7) is 3.18. The van der Waals surface area contributed by atoms with Gasteiger partial charge in [0.05, 0.1) is 6.26 Å². The van der Waals surface area contributed by atoms with Crippen molar-refractivity contribution in [3.05, 3.63) is 54.2 Å². The van der Waals surface area contributed by atoms with Crippen molar-refractivity contribution >= 4 is 11.6 Å². The summed E-state index contributed by atoms with van der Waals surface area (Å²) in [5.41, 5.74) is 0.654. The van der Waals surface area contributed by atoms with Crippen LogP contribution in [0.15, 0.2) is 47.1 Å². The standard InChI is InChI=1S/C17H19N5O3/c1-2-3-10-22-16(19-20-21-22)12-25-14-8-6-13(7-9-14)18-17(23)15-5-4-11-24-15/h4-9,11H,2-3,10,12H2,1H3,(H,18,23). The second-order valence-electron chi connectivity index (χ2n) is 5.42. The number of hydrogen-bond acceptors (Lipinski definition) is 6. The van der Waals surface area contributed by atoms with Crippen LogP contribution in [-0.2, 0) is 13.2 Å². The fraction of sp³-hybridized carbons (Fsp3) is 0.294. The number of tetrazole rings is 1. The molecule has 0 saturated heterocycles. The molecule has 0 aliphatic heterocycles. The van der Waals surface area contributed by atoms with Crippen molar-refractivity contribution in [2.24, 2.45) is 0 Å². The molecule has 3 rings (SSSR count). The molecule has 0 fully saturated rings. The molecule has 2 heterocycles. The number of benzene rings is 1. The van der Waals surface area contributed by atoms with Gasteiger partial charge in [-0.3, -0.25) is 4.79 Å². The van der Waals surface area contributed by atoms with E-state index in [1.807, 2.05) is 0 Å². The highest BCUT2D eigenvalue weighted by Gasteiger charge is 2.09. The van der Waals surface area contributed by atoms with Crippen LogP contribution in [0.5, 0.6) is 5.75 Å². The number of unbranched alkanes of at least 4 members (excludes halogenated alkanes) is 1. The van der Waals surface area contributed by atoms with Crippen LogP contribution in [0.1, 0.15) is 36.1 Å². The zero-order chi connectivity index (χ0) is 17.5. The van der Waals surface area contributed by atoms with Crippen LogP contribution in [0.4, 0.5) is 5.69 Å². The molecule has 0 aliphatic rings. The molecule has 0 atom stereocenters. The number of nitrogens with one attached hydrogen (secondary N) is 1. The fourth-order valence-electron chi connectivity index (χ4n) is 2.19. The second-order valence-corrected chi connectivity index (χ2v) is 5.42. The highest BCUT2D eigenvalue weighted by molar-refractivity contribution is 6.02. The monoisotopic (exact) mass is 341 g/mol. The Morgan fingerprint density at radius 1 is 1.28 bits per heavy atom. The van der Waals surface area contributed by atoms with Gasteiger partial charge in [-0.25, -0.2) is 4.68 Å². The fourth-order valence-corrected chi connectivity index (χ4v) is 2.19. The van der Waals surface area contributed by atoms with Crippen LogP contribution >= 0.6 is 0 Å². The van der Waals surface area contributed by atoms with E-state index >= 15 is 0 Å². The average Bonchev–Trinajstić information content (AvgIpc) is 3.31. The predicted octanol–water partition coefficient (Wildman–Crippen LogP) is 2.90. The lowest BCUT2D eigenvalue weighted by Gasteiger charge is -2.08. The molecule has 1 N–H and O–H groups in total. The van der Waals surface area contributed by atoms with Gasteiger partial charge >= 0.3 is 0 Å². The third-order valence-electron chi connectivity index (χ3n) is 3.55. The largest absolute Gasteiger partial charge is 0.486 e. The smallest absolute Gasteiger partial charge is 0.291 e. The molecule has 2 aromatic heterocycles. The predicted molar refractivity (Wildman–Crippen MR) is 90.2 cm³/mol. The lowest BCUT2D eigenvalue weighted by molar-refractivity contribution is 0.0996. The number of anilines is 1. The van der Waals surface area contributed by atoms with Crippen molar-refractivity contribution < 1.29 is 13.9 Å². The number of aromatic nitrogens is 4. The van der Waals surface area contributed by atoms with E-state index in [2.05, 4.69) is 27.8 Å². The molecule has 130 valence electrons. The molecule has 0 unspecified atom stereocenters. The number of hydrogen-bond donors (Lipinski definition) is 1. The van der Waals surface area contributed by atoms with Gasteiger partial charge in [0, 0.05) is 12.2 Å². The molecule has 3 aromatic rings. The topological polar surface area (TPSA) is 95.1 Å². The first kappa shape index (κ1) is 16.7. The molecule has 1 amide bonds. The zero-order valence-electron chi connectivity index (χ0n) is 13.9. The Balaban J connectivity index is 1.54. The maximum atomic E-state index is 11.9. The van der Waals surface area contributed by atoms with Gasteiger partial charge in [0.1, 0.15) is 12.4 Å². The van der Waals surface area contributed by atoms with E-state index in [1.165, 1.54) is 6.26 Å². The minimum Gasteiger partial charge on any atom is -0.486 e. The normalized spacial score (nSPS) is 10.6. The Morgan fingerprint density at radius 3 is 2.84 bits per heavy atom. The van der Waals surface area contributed by atoms with E-state index in [-0.39, 0.29) is 18.3 Å². The van der Waals surface area contributed by atoms with Gasteiger partial charge in [0.15, 0.2) is 11.6 Å². The van der Waals surface area contributed by atoms with Gasteiger partial charge < -0.3 is 14.5 Å². The summed E-state index contributed by atoms with van der Waals surface area (Å²) < 4.78 is 12.5. The van der Waals surface area contributed by atoms with Crippen molar-refractivity contribution in [2.45, 2.75) is 32.9 Å². The molecule has 8 heteroatoms. The number of carbonyl (C=O) groups is 1. The molecular formula is C17H19N5O3. The summed E-state index contributed by atoms with van der Waals surface area (Å²) in [4.78, 5) is 11.9. The first-order valence-electron chi connectivity index (χ1n) is 8.09. The van der Waals surface area contributed by atoms with Crippen molar-refractivity contribution in [1.29, 1.82) is 0 Å². The average molecular weight is 341 g/mol. The lowest BCUT2D eigenvalue weighted by Crippen LogP contribution is -2.11. The van der Waals surface area contributed by atoms with E-state index in [0.717, 1.165) is 19.4 Å². The van der Waals surface area contributed by atoms with Crippen LogP contribution in [0.3, 0.4) is 0 Å². The van der Waals surface area contributed by atoms with Crippen molar-refractivity contribution in [2.75, 3.05) is 5.32 Å². The summed E-state index contributed by atoms with van der Waals surface area (Å²) in [5, 5.41) is 14.4. The summed E-state index contributed by atoms with van der Waals surface area (Å²) in [6, 6.07) is 10.3. The number of aryl methyl sites for hydroxylation is 1. The SMILES string of the molecule is CCCCn1nnnc1COc1ccc(NC(=O)c2ccco2)cc1. The summed E-state index contributed by atoms with van der Waals surface area (Å²) in [5.74, 6) is 1.32. The molecule has 0 spiro atoms.